The number of methoxy groups -OCH3 is 1. The molecule has 0 radical (unpaired) electrons. The van der Waals surface area contributed by atoms with Gasteiger partial charge in [-0.25, -0.2) is 9.55 Å². The van der Waals surface area contributed by atoms with Gasteiger partial charge >= 0.3 is 0 Å². The molecule has 2 aromatic heterocycles. The van der Waals surface area contributed by atoms with Crippen molar-refractivity contribution in [3.8, 4) is 28.5 Å². The van der Waals surface area contributed by atoms with Crippen molar-refractivity contribution in [1.29, 1.82) is 0 Å². The summed E-state index contributed by atoms with van der Waals surface area (Å²) in [4.78, 5) is 4.44. The van der Waals surface area contributed by atoms with Crippen molar-refractivity contribution < 1.29 is 13.7 Å². The summed E-state index contributed by atoms with van der Waals surface area (Å²) in [5.41, 5.74) is 4.06. The van der Waals surface area contributed by atoms with Crippen LogP contribution < -0.4 is 19.9 Å². The molecule has 6 nitrogen and oxygen atoms in total. The first-order valence-electron chi connectivity index (χ1n) is 10.9. The van der Waals surface area contributed by atoms with E-state index in [0.29, 0.717) is 11.0 Å². The van der Waals surface area contributed by atoms with E-state index >= 15 is 0 Å². The molecule has 2 N–H and O–H groups in total. The number of benzene rings is 2. The summed E-state index contributed by atoms with van der Waals surface area (Å²) in [7, 11) is 1.65. The Labute approximate surface area is 199 Å². The van der Waals surface area contributed by atoms with Crippen LogP contribution >= 0.6 is 12.2 Å². The lowest BCUT2D eigenvalue weighted by atomic mass is 10.2. The van der Waals surface area contributed by atoms with Crippen molar-refractivity contribution in [2.45, 2.75) is 19.9 Å². The lowest BCUT2D eigenvalue weighted by Crippen LogP contribution is -2.33. The van der Waals surface area contributed by atoms with E-state index in [1.54, 1.807) is 13.3 Å². The van der Waals surface area contributed by atoms with Gasteiger partial charge in [-0.05, 0) is 55.0 Å². The first-order chi connectivity index (χ1) is 16.1. The van der Waals surface area contributed by atoms with Crippen molar-refractivity contribution >= 4 is 23.0 Å². The Morgan fingerprint density at radius 3 is 2.39 bits per heavy atom. The molecule has 2 aromatic carbocycles. The van der Waals surface area contributed by atoms with Crippen LogP contribution in [0.2, 0.25) is 0 Å². The highest BCUT2D eigenvalue weighted by Gasteiger charge is 2.11. The summed E-state index contributed by atoms with van der Waals surface area (Å²) < 4.78 is 13.3. The fourth-order valence-electron chi connectivity index (χ4n) is 3.32. The maximum Gasteiger partial charge on any atom is 0.227 e. The van der Waals surface area contributed by atoms with Gasteiger partial charge in [0.2, 0.25) is 5.89 Å². The second-order valence-electron chi connectivity index (χ2n) is 7.60. The molecule has 0 fully saturated rings. The van der Waals surface area contributed by atoms with Gasteiger partial charge in [-0.1, -0.05) is 19.1 Å². The number of anilines is 1. The fraction of sp³-hybridized carbons (Fsp3) is 0.192. The van der Waals surface area contributed by atoms with Crippen molar-refractivity contribution in [3.05, 3.63) is 84.8 Å². The normalized spacial score (nSPS) is 10.6. The van der Waals surface area contributed by atoms with Gasteiger partial charge < -0.3 is 19.8 Å². The Hall–Kier alpha value is -3.71. The molecule has 168 valence electrons. The zero-order valence-electron chi connectivity index (χ0n) is 18.7. The van der Waals surface area contributed by atoms with Gasteiger partial charge in [0, 0.05) is 41.1 Å². The topological polar surface area (TPSA) is 63.2 Å². The Kier molecular flexibility index (Phi) is 7.32. The molecule has 0 saturated heterocycles. The number of ether oxygens (including phenoxy) is 1. The van der Waals surface area contributed by atoms with Crippen LogP contribution in [-0.2, 0) is 6.54 Å². The van der Waals surface area contributed by atoms with Crippen LogP contribution in [0, 0.1) is 0 Å². The van der Waals surface area contributed by atoms with E-state index in [-0.39, 0.29) is 0 Å². The highest BCUT2D eigenvalue weighted by Crippen LogP contribution is 2.26. The number of aromatic nitrogens is 2. The predicted molar refractivity (Wildman–Crippen MR) is 134 cm³/mol. The Bertz CT molecular complexity index is 1190. The van der Waals surface area contributed by atoms with Crippen LogP contribution in [0.25, 0.3) is 22.8 Å². The van der Waals surface area contributed by atoms with Crippen LogP contribution in [0.1, 0.15) is 18.9 Å². The molecular formula is C26H27N4O2S+. The monoisotopic (exact) mass is 459 g/mol. The number of oxazole rings is 1. The third kappa shape index (κ3) is 5.96. The first kappa shape index (κ1) is 22.5. The minimum atomic E-state index is 0.594. The predicted octanol–water partition coefficient (Wildman–Crippen LogP) is 5.05. The summed E-state index contributed by atoms with van der Waals surface area (Å²) in [6.45, 7) is 3.74. The van der Waals surface area contributed by atoms with E-state index in [1.807, 2.05) is 60.9 Å². The third-order valence-electron chi connectivity index (χ3n) is 5.13. The molecule has 0 atom stereocenters. The van der Waals surface area contributed by atoms with Gasteiger partial charge in [0.15, 0.2) is 29.8 Å². The third-order valence-corrected chi connectivity index (χ3v) is 5.38. The molecule has 0 unspecified atom stereocenters. The van der Waals surface area contributed by atoms with Crippen LogP contribution in [0.15, 0.2) is 83.7 Å². The van der Waals surface area contributed by atoms with Gasteiger partial charge in [-0.3, -0.25) is 0 Å². The van der Waals surface area contributed by atoms with Crippen LogP contribution in [0.3, 0.4) is 0 Å². The Morgan fingerprint density at radius 2 is 1.73 bits per heavy atom. The molecule has 2 heterocycles. The average molecular weight is 460 g/mol. The second-order valence-corrected chi connectivity index (χ2v) is 8.00. The summed E-state index contributed by atoms with van der Waals surface area (Å²) >= 11 is 5.29. The van der Waals surface area contributed by atoms with Crippen molar-refractivity contribution in [2.24, 2.45) is 0 Å². The zero-order chi connectivity index (χ0) is 23.0. The van der Waals surface area contributed by atoms with Crippen LogP contribution in [0.5, 0.6) is 5.75 Å². The molecule has 0 aliphatic heterocycles. The molecule has 0 aliphatic rings. The van der Waals surface area contributed by atoms with Crippen molar-refractivity contribution in [2.75, 3.05) is 19.0 Å². The minimum absolute atomic E-state index is 0.594. The lowest BCUT2D eigenvalue weighted by molar-refractivity contribution is -0.688. The number of thiocarbonyl (C=S) groups is 1. The van der Waals surface area contributed by atoms with Gasteiger partial charge in [0.05, 0.1) is 13.3 Å². The van der Waals surface area contributed by atoms with Gasteiger partial charge in [0.1, 0.15) is 5.75 Å². The molecule has 0 spiro atoms. The second kappa shape index (κ2) is 10.7. The maximum absolute atomic E-state index is 5.97. The number of pyridine rings is 1. The molecule has 4 aromatic rings. The lowest BCUT2D eigenvalue weighted by Gasteiger charge is -2.09. The summed E-state index contributed by atoms with van der Waals surface area (Å²) in [5.74, 6) is 2.13. The number of rotatable bonds is 8. The van der Waals surface area contributed by atoms with Crippen LogP contribution in [-0.4, -0.2) is 23.8 Å². The molecule has 7 heteroatoms. The van der Waals surface area contributed by atoms with Gasteiger partial charge in [0.25, 0.3) is 0 Å². The smallest absolute Gasteiger partial charge is 0.227 e. The standard InChI is InChI=1S/C26H26N4O2S/c1-3-14-27-26(33)29-22-8-4-19(5-9-22)18-30-15-12-21(13-16-30)25-28-17-24(32-25)20-6-10-23(31-2)11-7-20/h4-13,15-17H,3,14,18H2,1-2H3,(H-,27,29,33)/p+1. The molecular weight excluding hydrogens is 432 g/mol. The Morgan fingerprint density at radius 1 is 1.00 bits per heavy atom. The van der Waals surface area contributed by atoms with Gasteiger partial charge in [-0.15, -0.1) is 0 Å². The highest BCUT2D eigenvalue weighted by molar-refractivity contribution is 7.80. The van der Waals surface area contributed by atoms with Gasteiger partial charge in [-0.2, -0.15) is 0 Å². The number of nitrogens with one attached hydrogen (secondary N) is 2. The molecule has 33 heavy (non-hydrogen) atoms. The highest BCUT2D eigenvalue weighted by atomic mass is 32.1. The molecule has 0 saturated carbocycles. The fourth-order valence-corrected chi connectivity index (χ4v) is 3.54. The quantitative estimate of drug-likeness (QED) is 0.284. The van der Waals surface area contributed by atoms with Crippen LogP contribution in [0.4, 0.5) is 5.69 Å². The maximum atomic E-state index is 5.97. The average Bonchev–Trinajstić information content (AvgIpc) is 3.35. The van der Waals surface area contributed by atoms with E-state index < -0.39 is 0 Å². The van der Waals surface area contributed by atoms with E-state index in [1.165, 1.54) is 5.56 Å². The molecule has 4 rings (SSSR count). The molecule has 0 aliphatic carbocycles. The van der Waals surface area contributed by atoms with Crippen molar-refractivity contribution in [1.82, 2.24) is 10.3 Å². The SMILES string of the molecule is CCCNC(=S)Nc1ccc(C[n+]2ccc(-c3ncc(-c4ccc(OC)cc4)o3)cc2)cc1. The Balaban J connectivity index is 1.37. The summed E-state index contributed by atoms with van der Waals surface area (Å²) in [5, 5.41) is 7.02. The molecule has 0 amide bonds. The van der Waals surface area contributed by atoms with E-state index in [2.05, 4.69) is 39.2 Å². The first-order valence-corrected chi connectivity index (χ1v) is 11.3. The largest absolute Gasteiger partial charge is 0.497 e. The minimum Gasteiger partial charge on any atom is -0.497 e. The van der Waals surface area contributed by atoms with E-state index in [4.69, 9.17) is 21.4 Å². The summed E-state index contributed by atoms with van der Waals surface area (Å²) in [6, 6.07) is 20.0. The van der Waals surface area contributed by atoms with E-state index in [9.17, 15) is 0 Å². The van der Waals surface area contributed by atoms with Crippen molar-refractivity contribution in [3.63, 3.8) is 0 Å². The zero-order valence-corrected chi connectivity index (χ0v) is 19.6. The number of nitrogens with zero attached hydrogens (tertiary/aromatic N) is 2. The number of hydrogen-bond acceptors (Lipinski definition) is 4. The summed E-state index contributed by atoms with van der Waals surface area (Å²) in [6.07, 6.45) is 6.85. The van der Waals surface area contributed by atoms with E-state index in [0.717, 1.165) is 47.8 Å². The number of hydrogen-bond donors (Lipinski definition) is 2. The molecule has 0 bridgehead atoms.